The summed E-state index contributed by atoms with van der Waals surface area (Å²) in [5.41, 5.74) is 3.08. The lowest BCUT2D eigenvalue weighted by molar-refractivity contribution is 0.161. The third-order valence-electron chi connectivity index (χ3n) is 7.12. The highest BCUT2D eigenvalue weighted by Gasteiger charge is 2.26. The fraction of sp³-hybridized carbons (Fsp3) is 0.267. The molecule has 2 aromatic heterocycles. The predicted molar refractivity (Wildman–Crippen MR) is 148 cm³/mol. The first-order valence-corrected chi connectivity index (χ1v) is 13.3. The second kappa shape index (κ2) is 11.3. The van der Waals surface area contributed by atoms with Crippen molar-refractivity contribution in [2.45, 2.75) is 39.0 Å². The van der Waals surface area contributed by atoms with Crippen LogP contribution in [0.4, 0.5) is 4.39 Å². The van der Waals surface area contributed by atoms with E-state index in [9.17, 15) is 9.18 Å². The molecule has 9 nitrogen and oxygen atoms in total. The van der Waals surface area contributed by atoms with Gasteiger partial charge in [0.15, 0.2) is 17.3 Å². The first-order chi connectivity index (χ1) is 19.6. The van der Waals surface area contributed by atoms with Crippen LogP contribution in [0.2, 0.25) is 0 Å². The van der Waals surface area contributed by atoms with Crippen LogP contribution in [0.5, 0.6) is 11.5 Å². The highest BCUT2D eigenvalue weighted by molar-refractivity contribution is 5.83. The zero-order valence-electron chi connectivity index (χ0n) is 22.1. The van der Waals surface area contributed by atoms with E-state index in [0.717, 1.165) is 16.5 Å². The van der Waals surface area contributed by atoms with E-state index in [1.54, 1.807) is 22.9 Å². The number of tetrazole rings is 1. The van der Waals surface area contributed by atoms with Gasteiger partial charge in [0.2, 0.25) is 0 Å². The van der Waals surface area contributed by atoms with E-state index in [1.807, 2.05) is 42.5 Å². The number of benzene rings is 3. The number of ether oxygens (including phenoxy) is 2. The van der Waals surface area contributed by atoms with Gasteiger partial charge in [0, 0.05) is 30.1 Å². The van der Waals surface area contributed by atoms with Gasteiger partial charge in [0.25, 0.3) is 5.56 Å². The van der Waals surface area contributed by atoms with Gasteiger partial charge in [-0.15, -0.1) is 5.10 Å². The zero-order valence-corrected chi connectivity index (χ0v) is 22.1. The molecule has 0 spiro atoms. The lowest BCUT2D eigenvalue weighted by atomic mass is 10.1. The molecule has 1 atom stereocenters. The van der Waals surface area contributed by atoms with Gasteiger partial charge < -0.3 is 14.5 Å². The average molecular weight is 541 g/mol. The second-order valence-corrected chi connectivity index (χ2v) is 9.84. The van der Waals surface area contributed by atoms with Crippen LogP contribution in [0.1, 0.15) is 41.9 Å². The maximum absolute atomic E-state index is 13.7. The molecule has 10 heteroatoms. The Morgan fingerprint density at radius 1 is 0.975 bits per heavy atom. The topological polar surface area (TPSA) is 98.2 Å². The smallest absolute Gasteiger partial charge is 0.252 e. The summed E-state index contributed by atoms with van der Waals surface area (Å²) in [6, 6.07) is 21.8. The number of aromatic amines is 1. The quantitative estimate of drug-likeness (QED) is 0.291. The summed E-state index contributed by atoms with van der Waals surface area (Å²) in [4.78, 5) is 18.5. The SMILES string of the molecule is CC[C@H](c1nnnn1Cc1ccccc1)N(Cc1ccc(F)cc1)Cc1cc2cc3c(cc2[nH]c1=O)OCCO3. The predicted octanol–water partition coefficient (Wildman–Crippen LogP) is 4.63. The van der Waals surface area contributed by atoms with Crippen LogP contribution < -0.4 is 15.0 Å². The number of nitrogens with one attached hydrogen (secondary N) is 1. The molecule has 5 aromatic rings. The van der Waals surface area contributed by atoms with Gasteiger partial charge in [-0.3, -0.25) is 9.69 Å². The Morgan fingerprint density at radius 2 is 1.73 bits per heavy atom. The van der Waals surface area contributed by atoms with Gasteiger partial charge in [0.05, 0.1) is 18.1 Å². The molecule has 1 N–H and O–H groups in total. The van der Waals surface area contributed by atoms with E-state index in [-0.39, 0.29) is 17.4 Å². The van der Waals surface area contributed by atoms with Crippen molar-refractivity contribution in [1.29, 1.82) is 0 Å². The van der Waals surface area contributed by atoms with Crippen molar-refractivity contribution in [3.63, 3.8) is 0 Å². The molecule has 3 heterocycles. The van der Waals surface area contributed by atoms with Crippen LogP contribution in [-0.4, -0.2) is 43.3 Å². The van der Waals surface area contributed by atoms with Crippen LogP contribution in [0.3, 0.4) is 0 Å². The lowest BCUT2D eigenvalue weighted by Crippen LogP contribution is -2.32. The standard InChI is InChI=1S/C30H29FN6O3/c1-2-26(29-33-34-35-37(29)18-20-6-4-3-5-7-20)36(17-21-8-10-24(31)11-9-21)19-23-14-22-15-27-28(40-13-12-39-27)16-25(22)32-30(23)38/h3-11,14-16,26H,2,12-13,17-19H2,1H3,(H,32,38)/t26-/m1/s1. The molecular formula is C30H29FN6O3. The average Bonchev–Trinajstić information content (AvgIpc) is 3.42. The van der Waals surface area contributed by atoms with Crippen molar-refractivity contribution in [3.8, 4) is 11.5 Å². The Bertz CT molecular complexity index is 1670. The summed E-state index contributed by atoms with van der Waals surface area (Å²) in [7, 11) is 0. The molecule has 0 amide bonds. The molecule has 0 unspecified atom stereocenters. The van der Waals surface area contributed by atoms with Crippen LogP contribution in [0.15, 0.2) is 77.6 Å². The summed E-state index contributed by atoms with van der Waals surface area (Å²) in [5, 5.41) is 13.5. The maximum atomic E-state index is 13.7. The number of pyridine rings is 1. The fourth-order valence-electron chi connectivity index (χ4n) is 5.15. The first-order valence-electron chi connectivity index (χ1n) is 13.3. The number of aromatic nitrogens is 5. The number of halogens is 1. The number of hydrogen-bond donors (Lipinski definition) is 1. The first kappa shape index (κ1) is 25.7. The molecule has 40 heavy (non-hydrogen) atoms. The van der Waals surface area contributed by atoms with Crippen molar-refractivity contribution < 1.29 is 13.9 Å². The summed E-state index contributed by atoms with van der Waals surface area (Å²) in [5.74, 6) is 1.68. The Balaban J connectivity index is 1.37. The van der Waals surface area contributed by atoms with Crippen molar-refractivity contribution >= 4 is 10.9 Å². The van der Waals surface area contributed by atoms with Crippen LogP contribution in [-0.2, 0) is 19.6 Å². The molecular weight excluding hydrogens is 511 g/mol. The zero-order chi connectivity index (χ0) is 27.5. The Morgan fingerprint density at radius 3 is 2.48 bits per heavy atom. The van der Waals surface area contributed by atoms with E-state index in [0.29, 0.717) is 67.7 Å². The van der Waals surface area contributed by atoms with Gasteiger partial charge >= 0.3 is 0 Å². The Kier molecular flexibility index (Phi) is 7.24. The monoisotopic (exact) mass is 540 g/mol. The van der Waals surface area contributed by atoms with Crippen LogP contribution in [0, 0.1) is 5.82 Å². The number of hydrogen-bond acceptors (Lipinski definition) is 7. The third-order valence-corrected chi connectivity index (χ3v) is 7.12. The van der Waals surface area contributed by atoms with E-state index >= 15 is 0 Å². The molecule has 0 saturated carbocycles. The number of H-pyrrole nitrogens is 1. The van der Waals surface area contributed by atoms with Crippen LogP contribution in [0.25, 0.3) is 10.9 Å². The molecule has 3 aromatic carbocycles. The molecule has 0 fully saturated rings. The number of nitrogens with zero attached hydrogens (tertiary/aromatic N) is 5. The highest BCUT2D eigenvalue weighted by atomic mass is 19.1. The van der Waals surface area contributed by atoms with E-state index in [4.69, 9.17) is 9.47 Å². The van der Waals surface area contributed by atoms with Crippen LogP contribution >= 0.6 is 0 Å². The summed E-state index contributed by atoms with van der Waals surface area (Å²) >= 11 is 0. The maximum Gasteiger partial charge on any atom is 0.252 e. The highest BCUT2D eigenvalue weighted by Crippen LogP contribution is 2.34. The molecule has 1 aliphatic rings. The van der Waals surface area contributed by atoms with Crippen molar-refractivity contribution in [1.82, 2.24) is 30.1 Å². The molecule has 1 aliphatic heterocycles. The minimum atomic E-state index is -0.297. The molecule has 0 radical (unpaired) electrons. The van der Waals surface area contributed by atoms with Gasteiger partial charge in [-0.1, -0.05) is 49.4 Å². The molecule has 0 bridgehead atoms. The largest absolute Gasteiger partial charge is 0.486 e. The van der Waals surface area contributed by atoms with Gasteiger partial charge in [-0.25, -0.2) is 9.07 Å². The number of rotatable bonds is 9. The minimum absolute atomic E-state index is 0.188. The van der Waals surface area contributed by atoms with Gasteiger partial charge in [-0.05, 0) is 52.2 Å². The summed E-state index contributed by atoms with van der Waals surface area (Å²) < 4.78 is 26.9. The van der Waals surface area contributed by atoms with Gasteiger partial charge in [-0.2, -0.15) is 0 Å². The fourth-order valence-corrected chi connectivity index (χ4v) is 5.15. The van der Waals surface area contributed by atoms with E-state index < -0.39 is 0 Å². The number of fused-ring (bicyclic) bond motifs is 2. The van der Waals surface area contributed by atoms with E-state index in [2.05, 4.69) is 32.3 Å². The molecule has 6 rings (SSSR count). The normalized spacial score (nSPS) is 13.6. The summed E-state index contributed by atoms with van der Waals surface area (Å²) in [6.45, 7) is 4.34. The van der Waals surface area contributed by atoms with Gasteiger partial charge in [0.1, 0.15) is 19.0 Å². The molecule has 204 valence electrons. The van der Waals surface area contributed by atoms with Crippen molar-refractivity contribution in [2.24, 2.45) is 0 Å². The summed E-state index contributed by atoms with van der Waals surface area (Å²) in [6.07, 6.45) is 0.695. The molecule has 0 saturated heterocycles. The second-order valence-electron chi connectivity index (χ2n) is 9.84. The van der Waals surface area contributed by atoms with Crippen molar-refractivity contribution in [3.05, 3.63) is 111 Å². The lowest BCUT2D eigenvalue weighted by Gasteiger charge is -2.30. The Labute approximate surface area is 230 Å². The third kappa shape index (κ3) is 5.43. The minimum Gasteiger partial charge on any atom is -0.486 e. The molecule has 0 aliphatic carbocycles. The Hall–Kier alpha value is -4.57. The van der Waals surface area contributed by atoms with E-state index in [1.165, 1.54) is 12.1 Å². The van der Waals surface area contributed by atoms with Crippen molar-refractivity contribution in [2.75, 3.05) is 13.2 Å².